The van der Waals surface area contributed by atoms with E-state index in [-0.39, 0.29) is 11.8 Å². The van der Waals surface area contributed by atoms with Crippen LogP contribution in [0, 0.1) is 0 Å². The second-order valence-electron chi connectivity index (χ2n) is 5.15. The van der Waals surface area contributed by atoms with E-state index in [4.69, 9.17) is 4.74 Å². The average Bonchev–Trinajstić information content (AvgIpc) is 2.25. The number of hydrogen-bond acceptors (Lipinski definition) is 3. The van der Waals surface area contributed by atoms with Gasteiger partial charge in [0.15, 0.2) is 0 Å². The largest absolute Gasteiger partial charge is 0.508 e. The van der Waals surface area contributed by atoms with Crippen molar-refractivity contribution in [1.82, 2.24) is 0 Å². The van der Waals surface area contributed by atoms with Crippen molar-refractivity contribution < 1.29 is 14.6 Å². The Balaban J connectivity index is 2.88. The second kappa shape index (κ2) is 5.76. The molecule has 1 aromatic carbocycles. The Labute approximate surface area is 108 Å². The number of carbonyl (C=O) groups is 1. The first-order valence-electron chi connectivity index (χ1n) is 6.13. The minimum absolute atomic E-state index is 0.180. The zero-order chi connectivity index (χ0) is 13.8. The highest BCUT2D eigenvalue weighted by molar-refractivity contribution is 5.87. The summed E-state index contributed by atoms with van der Waals surface area (Å²) >= 11 is 0. The zero-order valence-electron chi connectivity index (χ0n) is 11.4. The molecule has 0 spiro atoms. The van der Waals surface area contributed by atoms with Crippen LogP contribution in [0.25, 0.3) is 0 Å². The van der Waals surface area contributed by atoms with Crippen LogP contribution < -0.4 is 4.90 Å². The number of ether oxygens (including phenoxy) is 1. The summed E-state index contributed by atoms with van der Waals surface area (Å²) in [4.78, 5) is 13.6. The van der Waals surface area contributed by atoms with Crippen molar-refractivity contribution >= 4 is 11.8 Å². The molecule has 1 amide bonds. The summed E-state index contributed by atoms with van der Waals surface area (Å²) in [5.41, 5.74) is 0.212. The summed E-state index contributed by atoms with van der Waals surface area (Å²) in [6.45, 7) is 8.10. The molecule has 0 saturated carbocycles. The monoisotopic (exact) mass is 251 g/mol. The summed E-state index contributed by atoms with van der Waals surface area (Å²) in [7, 11) is 0. The number of hydrogen-bond donors (Lipinski definition) is 1. The van der Waals surface area contributed by atoms with Gasteiger partial charge in [-0.2, -0.15) is 0 Å². The van der Waals surface area contributed by atoms with E-state index in [9.17, 15) is 9.90 Å². The maximum atomic E-state index is 12.1. The van der Waals surface area contributed by atoms with Crippen molar-refractivity contribution in [1.29, 1.82) is 0 Å². The Morgan fingerprint density at radius 3 is 2.28 bits per heavy atom. The first-order valence-corrected chi connectivity index (χ1v) is 6.13. The molecule has 100 valence electrons. The third kappa shape index (κ3) is 4.28. The molecule has 1 rings (SSSR count). The first-order chi connectivity index (χ1) is 8.33. The second-order valence-corrected chi connectivity index (χ2v) is 5.15. The molecule has 4 nitrogen and oxygen atoms in total. The first kappa shape index (κ1) is 14.4. The van der Waals surface area contributed by atoms with Gasteiger partial charge >= 0.3 is 6.09 Å². The van der Waals surface area contributed by atoms with Gasteiger partial charge in [-0.1, -0.05) is 6.92 Å². The molecule has 0 fully saturated rings. The molecule has 0 saturated heterocycles. The zero-order valence-corrected chi connectivity index (χ0v) is 11.4. The lowest BCUT2D eigenvalue weighted by Gasteiger charge is -2.27. The molecule has 18 heavy (non-hydrogen) atoms. The maximum Gasteiger partial charge on any atom is 0.414 e. The lowest BCUT2D eigenvalue weighted by atomic mass is 10.2. The van der Waals surface area contributed by atoms with E-state index in [0.29, 0.717) is 6.54 Å². The summed E-state index contributed by atoms with van der Waals surface area (Å²) in [5.74, 6) is 0.180. The molecule has 4 heteroatoms. The van der Waals surface area contributed by atoms with E-state index < -0.39 is 5.60 Å². The topological polar surface area (TPSA) is 49.8 Å². The molecule has 1 N–H and O–H groups in total. The van der Waals surface area contributed by atoms with Crippen LogP contribution in [0.2, 0.25) is 0 Å². The quantitative estimate of drug-likeness (QED) is 0.893. The predicted octanol–water partition coefficient (Wildman–Crippen LogP) is 3.54. The number of carbonyl (C=O) groups excluding carboxylic acids is 1. The third-order valence-electron chi connectivity index (χ3n) is 2.22. The standard InChI is InChI=1S/C14H21NO3/c1-5-10-15(13(17)18-14(2,3)4)11-6-8-12(16)9-7-11/h6-9,16H,5,10H2,1-4H3. The number of aromatic hydroxyl groups is 1. The molecule has 1 aromatic rings. The molecule has 0 radical (unpaired) electrons. The van der Waals surface area contributed by atoms with Crippen LogP contribution in [0.15, 0.2) is 24.3 Å². The number of amides is 1. The van der Waals surface area contributed by atoms with E-state index in [0.717, 1.165) is 12.1 Å². The fourth-order valence-electron chi connectivity index (χ4n) is 1.50. The highest BCUT2D eigenvalue weighted by Crippen LogP contribution is 2.21. The predicted molar refractivity (Wildman–Crippen MR) is 72.0 cm³/mol. The Morgan fingerprint density at radius 1 is 1.28 bits per heavy atom. The van der Waals surface area contributed by atoms with Crippen molar-refractivity contribution in [2.75, 3.05) is 11.4 Å². The van der Waals surface area contributed by atoms with Gasteiger partial charge in [-0.05, 0) is 51.5 Å². The molecule has 0 bridgehead atoms. The van der Waals surface area contributed by atoms with Gasteiger partial charge in [0.1, 0.15) is 11.4 Å². The molecule has 0 atom stereocenters. The van der Waals surface area contributed by atoms with Crippen molar-refractivity contribution in [3.63, 3.8) is 0 Å². The van der Waals surface area contributed by atoms with E-state index in [1.165, 1.54) is 0 Å². The minimum atomic E-state index is -0.514. The highest BCUT2D eigenvalue weighted by Gasteiger charge is 2.22. The van der Waals surface area contributed by atoms with Crippen LogP contribution in [0.4, 0.5) is 10.5 Å². The number of anilines is 1. The van der Waals surface area contributed by atoms with Crippen molar-refractivity contribution in [3.8, 4) is 5.75 Å². The minimum Gasteiger partial charge on any atom is -0.508 e. The summed E-state index contributed by atoms with van der Waals surface area (Å²) in [6.07, 6.45) is 0.468. The van der Waals surface area contributed by atoms with Gasteiger partial charge in [-0.3, -0.25) is 4.90 Å². The van der Waals surface area contributed by atoms with Crippen LogP contribution in [0.5, 0.6) is 5.75 Å². The number of phenols is 1. The van der Waals surface area contributed by atoms with Crippen LogP contribution in [0.1, 0.15) is 34.1 Å². The number of benzene rings is 1. The average molecular weight is 251 g/mol. The maximum absolute atomic E-state index is 12.1. The fraction of sp³-hybridized carbons (Fsp3) is 0.500. The summed E-state index contributed by atoms with van der Waals surface area (Å²) in [6, 6.07) is 6.52. The van der Waals surface area contributed by atoms with Crippen molar-refractivity contribution in [2.45, 2.75) is 39.7 Å². The Bertz CT molecular complexity index is 392. The highest BCUT2D eigenvalue weighted by atomic mass is 16.6. The Kier molecular flexibility index (Phi) is 4.59. The SMILES string of the molecule is CCCN(C(=O)OC(C)(C)C)c1ccc(O)cc1. The van der Waals surface area contributed by atoms with E-state index in [1.807, 2.05) is 27.7 Å². The number of rotatable bonds is 3. The van der Waals surface area contributed by atoms with Crippen LogP contribution >= 0.6 is 0 Å². The van der Waals surface area contributed by atoms with E-state index >= 15 is 0 Å². The normalized spacial score (nSPS) is 11.1. The molecule has 0 aromatic heterocycles. The fourth-order valence-corrected chi connectivity index (χ4v) is 1.50. The van der Waals surface area contributed by atoms with Crippen molar-refractivity contribution in [3.05, 3.63) is 24.3 Å². The van der Waals surface area contributed by atoms with Gasteiger partial charge in [-0.25, -0.2) is 4.79 Å². The van der Waals surface area contributed by atoms with Crippen LogP contribution in [0.3, 0.4) is 0 Å². The van der Waals surface area contributed by atoms with Gasteiger partial charge in [-0.15, -0.1) is 0 Å². The van der Waals surface area contributed by atoms with Crippen LogP contribution in [-0.2, 0) is 4.74 Å². The molecule has 0 aliphatic heterocycles. The molecule has 0 aliphatic rings. The Hall–Kier alpha value is -1.71. The van der Waals surface area contributed by atoms with Gasteiger partial charge < -0.3 is 9.84 Å². The van der Waals surface area contributed by atoms with Gasteiger partial charge in [0.2, 0.25) is 0 Å². The molecule has 0 unspecified atom stereocenters. The van der Waals surface area contributed by atoms with Gasteiger partial charge in [0, 0.05) is 12.2 Å². The smallest absolute Gasteiger partial charge is 0.414 e. The van der Waals surface area contributed by atoms with Crippen molar-refractivity contribution in [2.24, 2.45) is 0 Å². The van der Waals surface area contributed by atoms with E-state index in [1.54, 1.807) is 29.2 Å². The number of phenolic OH excluding ortho intramolecular Hbond substituents is 1. The van der Waals surface area contributed by atoms with E-state index in [2.05, 4.69) is 0 Å². The van der Waals surface area contributed by atoms with Crippen LogP contribution in [-0.4, -0.2) is 23.3 Å². The summed E-state index contributed by atoms with van der Waals surface area (Å²) < 4.78 is 5.36. The molecular formula is C14H21NO3. The van der Waals surface area contributed by atoms with Gasteiger partial charge in [0.05, 0.1) is 0 Å². The lowest BCUT2D eigenvalue weighted by molar-refractivity contribution is 0.0580. The summed E-state index contributed by atoms with van der Waals surface area (Å²) in [5, 5.41) is 9.26. The Morgan fingerprint density at radius 2 is 1.83 bits per heavy atom. The molecule has 0 heterocycles. The van der Waals surface area contributed by atoms with Gasteiger partial charge in [0.25, 0.3) is 0 Å². The lowest BCUT2D eigenvalue weighted by Crippen LogP contribution is -2.37. The number of nitrogens with zero attached hydrogens (tertiary/aromatic N) is 1. The molecule has 0 aliphatic carbocycles. The third-order valence-corrected chi connectivity index (χ3v) is 2.22. The molecular weight excluding hydrogens is 230 g/mol.